The quantitative estimate of drug-likeness (QED) is 0.745. The molecule has 1 unspecified atom stereocenters. The van der Waals surface area contributed by atoms with Crippen LogP contribution < -0.4 is 5.32 Å². The van der Waals surface area contributed by atoms with Gasteiger partial charge in [0.05, 0.1) is 5.75 Å². The van der Waals surface area contributed by atoms with Crippen molar-refractivity contribution in [2.45, 2.75) is 30.7 Å². The topological polar surface area (TPSA) is 66.4 Å². The average molecular weight is 346 g/mol. The zero-order valence-electron chi connectivity index (χ0n) is 10.6. The summed E-state index contributed by atoms with van der Waals surface area (Å²) in [6, 6.07) is 7.62. The molecule has 0 saturated heterocycles. The van der Waals surface area contributed by atoms with Crippen molar-refractivity contribution in [3.05, 3.63) is 28.7 Å². The Morgan fingerprint density at radius 3 is 2.58 bits per heavy atom. The molecule has 0 fully saturated rings. The lowest BCUT2D eigenvalue weighted by Crippen LogP contribution is -2.34. The lowest BCUT2D eigenvalue weighted by atomic mass is 10.2. The first kappa shape index (κ1) is 16.0. The zero-order valence-corrected chi connectivity index (χ0v) is 13.0. The second-order valence-electron chi connectivity index (χ2n) is 4.14. The fraction of sp³-hybridized carbons (Fsp3) is 0.385. The summed E-state index contributed by atoms with van der Waals surface area (Å²) in [6.45, 7) is 1.81. The summed E-state index contributed by atoms with van der Waals surface area (Å²) in [4.78, 5) is 23.1. The molecule has 0 aliphatic rings. The van der Waals surface area contributed by atoms with Gasteiger partial charge in [0.2, 0.25) is 5.91 Å². The number of amides is 1. The SMILES string of the molecule is CC(CCC(=O)O)NC(=O)CSc1ccc(Br)cc1. The maximum absolute atomic E-state index is 11.6. The molecule has 0 radical (unpaired) electrons. The molecule has 0 spiro atoms. The minimum Gasteiger partial charge on any atom is -0.481 e. The van der Waals surface area contributed by atoms with Gasteiger partial charge >= 0.3 is 5.97 Å². The number of benzene rings is 1. The van der Waals surface area contributed by atoms with Crippen LogP contribution in [0.1, 0.15) is 19.8 Å². The molecule has 1 amide bonds. The van der Waals surface area contributed by atoms with Crippen LogP contribution in [0.5, 0.6) is 0 Å². The summed E-state index contributed by atoms with van der Waals surface area (Å²) in [6.07, 6.45) is 0.519. The summed E-state index contributed by atoms with van der Waals surface area (Å²) in [7, 11) is 0. The first-order chi connectivity index (χ1) is 8.97. The van der Waals surface area contributed by atoms with Gasteiger partial charge in [0.15, 0.2) is 0 Å². The van der Waals surface area contributed by atoms with E-state index in [0.29, 0.717) is 12.2 Å². The number of carboxylic acid groups (broad SMARTS) is 1. The maximum Gasteiger partial charge on any atom is 0.303 e. The highest BCUT2D eigenvalue weighted by Gasteiger charge is 2.09. The molecule has 0 heterocycles. The Labute approximate surface area is 125 Å². The second-order valence-corrected chi connectivity index (χ2v) is 6.11. The van der Waals surface area contributed by atoms with E-state index in [4.69, 9.17) is 5.11 Å². The van der Waals surface area contributed by atoms with Gasteiger partial charge in [-0.2, -0.15) is 0 Å². The number of rotatable bonds is 7. The Morgan fingerprint density at radius 2 is 2.00 bits per heavy atom. The van der Waals surface area contributed by atoms with Crippen LogP contribution in [0.2, 0.25) is 0 Å². The molecular weight excluding hydrogens is 330 g/mol. The van der Waals surface area contributed by atoms with Gasteiger partial charge in [0, 0.05) is 21.8 Å². The summed E-state index contributed by atoms with van der Waals surface area (Å²) < 4.78 is 1.00. The minimum absolute atomic E-state index is 0.0707. The summed E-state index contributed by atoms with van der Waals surface area (Å²) in [5.41, 5.74) is 0. The Morgan fingerprint density at radius 1 is 1.37 bits per heavy atom. The van der Waals surface area contributed by atoms with E-state index in [1.165, 1.54) is 11.8 Å². The highest BCUT2D eigenvalue weighted by Crippen LogP contribution is 2.20. The molecule has 1 aromatic carbocycles. The first-order valence-electron chi connectivity index (χ1n) is 5.87. The number of hydrogen-bond acceptors (Lipinski definition) is 3. The van der Waals surface area contributed by atoms with Crippen LogP contribution in [-0.2, 0) is 9.59 Å². The Bertz CT molecular complexity index is 436. The highest BCUT2D eigenvalue weighted by atomic mass is 79.9. The lowest BCUT2D eigenvalue weighted by molar-refractivity contribution is -0.137. The largest absolute Gasteiger partial charge is 0.481 e. The van der Waals surface area contributed by atoms with Crippen LogP contribution in [0, 0.1) is 0 Å². The first-order valence-corrected chi connectivity index (χ1v) is 7.64. The van der Waals surface area contributed by atoms with Gasteiger partial charge in [-0.3, -0.25) is 9.59 Å². The standard InChI is InChI=1S/C13H16BrNO3S/c1-9(2-7-13(17)18)15-12(16)8-19-11-5-3-10(14)4-6-11/h3-6,9H,2,7-8H2,1H3,(H,15,16)(H,17,18). The van der Waals surface area contributed by atoms with Crippen molar-refractivity contribution < 1.29 is 14.7 Å². The molecule has 6 heteroatoms. The second kappa shape index (κ2) is 8.22. The molecule has 104 valence electrons. The number of hydrogen-bond donors (Lipinski definition) is 2. The Kier molecular flexibility index (Phi) is 6.94. The van der Waals surface area contributed by atoms with E-state index >= 15 is 0 Å². The fourth-order valence-corrected chi connectivity index (χ4v) is 2.38. The molecule has 0 aliphatic carbocycles. The van der Waals surface area contributed by atoms with E-state index in [2.05, 4.69) is 21.2 Å². The van der Waals surface area contributed by atoms with Crippen molar-refractivity contribution in [2.75, 3.05) is 5.75 Å². The number of aliphatic carboxylic acids is 1. The molecule has 1 atom stereocenters. The van der Waals surface area contributed by atoms with E-state index in [9.17, 15) is 9.59 Å². The average Bonchev–Trinajstić information content (AvgIpc) is 2.36. The predicted octanol–water partition coefficient (Wildman–Crippen LogP) is 2.91. The third-order valence-electron chi connectivity index (χ3n) is 2.38. The van der Waals surface area contributed by atoms with Crippen molar-refractivity contribution in [1.82, 2.24) is 5.32 Å². The van der Waals surface area contributed by atoms with E-state index < -0.39 is 5.97 Å². The van der Waals surface area contributed by atoms with Crippen LogP contribution in [0.25, 0.3) is 0 Å². The van der Waals surface area contributed by atoms with Gasteiger partial charge in [0.25, 0.3) is 0 Å². The van der Waals surface area contributed by atoms with E-state index in [1.54, 1.807) is 0 Å². The molecule has 19 heavy (non-hydrogen) atoms. The third kappa shape index (κ3) is 7.22. The Balaban J connectivity index is 2.27. The van der Waals surface area contributed by atoms with Crippen molar-refractivity contribution in [3.63, 3.8) is 0 Å². The van der Waals surface area contributed by atoms with Gasteiger partial charge in [0.1, 0.15) is 0 Å². The van der Waals surface area contributed by atoms with E-state index in [1.807, 2.05) is 31.2 Å². The monoisotopic (exact) mass is 345 g/mol. The number of thioether (sulfide) groups is 1. The van der Waals surface area contributed by atoms with Crippen LogP contribution in [0.3, 0.4) is 0 Å². The molecule has 4 nitrogen and oxygen atoms in total. The van der Waals surface area contributed by atoms with Crippen molar-refractivity contribution >= 4 is 39.6 Å². The molecule has 0 aromatic heterocycles. The summed E-state index contributed by atoms with van der Waals surface area (Å²) in [5, 5.41) is 11.3. The van der Waals surface area contributed by atoms with Crippen LogP contribution >= 0.6 is 27.7 Å². The Hall–Kier alpha value is -1.01. The lowest BCUT2D eigenvalue weighted by Gasteiger charge is -2.12. The molecule has 0 aliphatic heterocycles. The number of carbonyl (C=O) groups excluding carboxylic acids is 1. The minimum atomic E-state index is -0.842. The number of halogens is 1. The van der Waals surface area contributed by atoms with Crippen LogP contribution in [0.15, 0.2) is 33.6 Å². The molecule has 0 bridgehead atoms. The van der Waals surface area contributed by atoms with Crippen molar-refractivity contribution in [2.24, 2.45) is 0 Å². The van der Waals surface area contributed by atoms with Gasteiger partial charge in [-0.15, -0.1) is 11.8 Å². The van der Waals surface area contributed by atoms with Gasteiger partial charge < -0.3 is 10.4 Å². The van der Waals surface area contributed by atoms with Crippen molar-refractivity contribution in [3.8, 4) is 0 Å². The molecule has 2 N–H and O–H groups in total. The van der Waals surface area contributed by atoms with E-state index in [-0.39, 0.29) is 18.4 Å². The maximum atomic E-state index is 11.6. The number of carbonyl (C=O) groups is 2. The van der Waals surface area contributed by atoms with Crippen LogP contribution in [0.4, 0.5) is 0 Å². The van der Waals surface area contributed by atoms with Gasteiger partial charge in [-0.1, -0.05) is 15.9 Å². The smallest absolute Gasteiger partial charge is 0.303 e. The third-order valence-corrected chi connectivity index (χ3v) is 3.92. The van der Waals surface area contributed by atoms with Crippen molar-refractivity contribution in [1.29, 1.82) is 0 Å². The number of carboxylic acids is 1. The predicted molar refractivity (Wildman–Crippen MR) is 79.3 cm³/mol. The summed E-state index contributed by atoms with van der Waals surface area (Å²) in [5.74, 6) is -0.588. The van der Waals surface area contributed by atoms with E-state index in [0.717, 1.165) is 9.37 Å². The number of nitrogens with one attached hydrogen (secondary N) is 1. The highest BCUT2D eigenvalue weighted by molar-refractivity contribution is 9.10. The molecule has 1 aromatic rings. The normalized spacial score (nSPS) is 11.9. The van der Waals surface area contributed by atoms with Crippen LogP contribution in [-0.4, -0.2) is 28.8 Å². The zero-order chi connectivity index (χ0) is 14.3. The van der Waals surface area contributed by atoms with Gasteiger partial charge in [-0.05, 0) is 37.6 Å². The fourth-order valence-electron chi connectivity index (χ4n) is 1.41. The molecular formula is C13H16BrNO3S. The molecule has 1 rings (SSSR count). The van der Waals surface area contributed by atoms with Gasteiger partial charge in [-0.25, -0.2) is 0 Å². The summed E-state index contributed by atoms with van der Waals surface area (Å²) >= 11 is 4.81. The molecule has 0 saturated carbocycles.